The highest BCUT2D eigenvalue weighted by atomic mass is 19.1. The zero-order valence-electron chi connectivity index (χ0n) is 12.9. The van der Waals surface area contributed by atoms with Gasteiger partial charge < -0.3 is 14.8 Å². The van der Waals surface area contributed by atoms with Crippen molar-refractivity contribution in [1.29, 1.82) is 0 Å². The van der Waals surface area contributed by atoms with Crippen LogP contribution >= 0.6 is 0 Å². The van der Waals surface area contributed by atoms with E-state index in [2.05, 4.69) is 17.2 Å². The summed E-state index contributed by atoms with van der Waals surface area (Å²) in [4.78, 5) is 12.1. The number of rotatable bonds is 4. The molecule has 0 heterocycles. The van der Waals surface area contributed by atoms with Crippen molar-refractivity contribution in [2.75, 3.05) is 20.8 Å². The SMILES string of the molecule is COc1ccc(C(=O)NCC#Cc2ccc(F)cc2)c(OC)c1. The number of ether oxygens (including phenoxy) is 2. The molecule has 0 aliphatic rings. The van der Waals surface area contributed by atoms with E-state index in [1.54, 1.807) is 37.4 Å². The van der Waals surface area contributed by atoms with Crippen LogP contribution in [0.5, 0.6) is 11.5 Å². The topological polar surface area (TPSA) is 47.6 Å². The van der Waals surface area contributed by atoms with Crippen molar-refractivity contribution in [2.24, 2.45) is 0 Å². The Morgan fingerprint density at radius 1 is 1.13 bits per heavy atom. The normalized spacial score (nSPS) is 9.52. The molecule has 0 aliphatic carbocycles. The van der Waals surface area contributed by atoms with E-state index in [4.69, 9.17) is 9.47 Å². The molecule has 0 aromatic heterocycles. The van der Waals surface area contributed by atoms with Crippen LogP contribution in [0, 0.1) is 17.7 Å². The summed E-state index contributed by atoms with van der Waals surface area (Å²) < 4.78 is 23.0. The molecule has 0 radical (unpaired) electrons. The summed E-state index contributed by atoms with van der Waals surface area (Å²) in [5.41, 5.74) is 1.08. The van der Waals surface area contributed by atoms with Crippen LogP contribution in [0.3, 0.4) is 0 Å². The Labute approximate surface area is 134 Å². The number of methoxy groups -OCH3 is 2. The summed E-state index contributed by atoms with van der Waals surface area (Å²) in [6.45, 7) is 0.172. The average Bonchev–Trinajstić information content (AvgIpc) is 2.59. The Kier molecular flexibility index (Phi) is 5.59. The van der Waals surface area contributed by atoms with E-state index in [0.717, 1.165) is 0 Å². The minimum Gasteiger partial charge on any atom is -0.497 e. The van der Waals surface area contributed by atoms with E-state index in [0.29, 0.717) is 22.6 Å². The maximum Gasteiger partial charge on any atom is 0.255 e. The van der Waals surface area contributed by atoms with Gasteiger partial charge in [0.05, 0.1) is 26.3 Å². The molecule has 0 bridgehead atoms. The van der Waals surface area contributed by atoms with E-state index < -0.39 is 0 Å². The molecule has 1 N–H and O–H groups in total. The third-order valence-corrected chi connectivity index (χ3v) is 3.07. The molecule has 0 unspecified atom stereocenters. The van der Waals surface area contributed by atoms with Crippen molar-refractivity contribution in [1.82, 2.24) is 5.32 Å². The summed E-state index contributed by atoms with van der Waals surface area (Å²) in [7, 11) is 3.03. The van der Waals surface area contributed by atoms with Gasteiger partial charge in [-0.2, -0.15) is 0 Å². The second kappa shape index (κ2) is 7.85. The fraction of sp³-hybridized carbons (Fsp3) is 0.167. The molecule has 2 rings (SSSR count). The first-order valence-electron chi connectivity index (χ1n) is 6.88. The molecular weight excluding hydrogens is 297 g/mol. The Hall–Kier alpha value is -3.00. The van der Waals surface area contributed by atoms with Crippen LogP contribution in [0.4, 0.5) is 4.39 Å². The number of carbonyl (C=O) groups excluding carboxylic acids is 1. The van der Waals surface area contributed by atoms with Crippen LogP contribution < -0.4 is 14.8 Å². The third kappa shape index (κ3) is 4.48. The van der Waals surface area contributed by atoms with Gasteiger partial charge in [-0.1, -0.05) is 11.8 Å². The lowest BCUT2D eigenvalue weighted by Crippen LogP contribution is -2.24. The molecule has 0 aliphatic heterocycles. The molecule has 0 fully saturated rings. The van der Waals surface area contributed by atoms with Gasteiger partial charge in [0, 0.05) is 11.6 Å². The number of carbonyl (C=O) groups is 1. The highest BCUT2D eigenvalue weighted by molar-refractivity contribution is 5.97. The van der Waals surface area contributed by atoms with Crippen LogP contribution in [-0.4, -0.2) is 26.7 Å². The summed E-state index contributed by atoms with van der Waals surface area (Å²) in [6, 6.07) is 10.8. The number of hydrogen-bond donors (Lipinski definition) is 1. The third-order valence-electron chi connectivity index (χ3n) is 3.07. The molecule has 118 valence electrons. The van der Waals surface area contributed by atoms with Gasteiger partial charge in [-0.05, 0) is 36.4 Å². The molecule has 5 heteroatoms. The summed E-state index contributed by atoms with van der Waals surface area (Å²) in [5, 5.41) is 2.69. The van der Waals surface area contributed by atoms with Crippen molar-refractivity contribution in [3.05, 3.63) is 59.4 Å². The van der Waals surface area contributed by atoms with Gasteiger partial charge >= 0.3 is 0 Å². The molecule has 0 saturated heterocycles. The van der Waals surface area contributed by atoms with Crippen LogP contribution in [0.25, 0.3) is 0 Å². The predicted molar refractivity (Wildman–Crippen MR) is 85.2 cm³/mol. The zero-order chi connectivity index (χ0) is 16.7. The van der Waals surface area contributed by atoms with Crippen molar-refractivity contribution in [3.63, 3.8) is 0 Å². The van der Waals surface area contributed by atoms with Gasteiger partial charge in [-0.25, -0.2) is 4.39 Å². The first-order valence-corrected chi connectivity index (χ1v) is 6.88. The molecule has 2 aromatic rings. The highest BCUT2D eigenvalue weighted by Gasteiger charge is 2.12. The Morgan fingerprint density at radius 3 is 2.52 bits per heavy atom. The summed E-state index contributed by atoms with van der Waals surface area (Å²) >= 11 is 0. The molecule has 0 atom stereocenters. The number of amides is 1. The molecule has 0 spiro atoms. The van der Waals surface area contributed by atoms with Crippen LogP contribution in [0.15, 0.2) is 42.5 Å². The van der Waals surface area contributed by atoms with Gasteiger partial charge in [0.25, 0.3) is 5.91 Å². The first kappa shape index (κ1) is 16.4. The van der Waals surface area contributed by atoms with Gasteiger partial charge in [-0.15, -0.1) is 0 Å². The zero-order valence-corrected chi connectivity index (χ0v) is 12.9. The lowest BCUT2D eigenvalue weighted by molar-refractivity contribution is 0.0955. The number of benzene rings is 2. The minimum absolute atomic E-state index is 0.172. The molecule has 4 nitrogen and oxygen atoms in total. The van der Waals surface area contributed by atoms with Gasteiger partial charge in [0.1, 0.15) is 17.3 Å². The van der Waals surface area contributed by atoms with E-state index in [1.807, 2.05) is 0 Å². The van der Waals surface area contributed by atoms with Crippen molar-refractivity contribution in [3.8, 4) is 23.3 Å². The largest absolute Gasteiger partial charge is 0.497 e. The summed E-state index contributed by atoms with van der Waals surface area (Å²) in [5.74, 6) is 6.08. The monoisotopic (exact) mass is 313 g/mol. The van der Waals surface area contributed by atoms with E-state index >= 15 is 0 Å². The second-order valence-electron chi connectivity index (χ2n) is 4.56. The lowest BCUT2D eigenvalue weighted by Gasteiger charge is -2.09. The lowest BCUT2D eigenvalue weighted by atomic mass is 10.1. The highest BCUT2D eigenvalue weighted by Crippen LogP contribution is 2.24. The molecular formula is C18H16FNO3. The van der Waals surface area contributed by atoms with E-state index in [1.165, 1.54) is 19.2 Å². The van der Waals surface area contributed by atoms with Crippen LogP contribution in [-0.2, 0) is 0 Å². The fourth-order valence-electron chi connectivity index (χ4n) is 1.89. The quantitative estimate of drug-likeness (QED) is 0.883. The van der Waals surface area contributed by atoms with Gasteiger partial charge in [0.2, 0.25) is 0 Å². The van der Waals surface area contributed by atoms with Crippen LogP contribution in [0.1, 0.15) is 15.9 Å². The van der Waals surface area contributed by atoms with Gasteiger partial charge in [0.15, 0.2) is 0 Å². The van der Waals surface area contributed by atoms with E-state index in [9.17, 15) is 9.18 Å². The number of hydrogen-bond acceptors (Lipinski definition) is 3. The van der Waals surface area contributed by atoms with Crippen molar-refractivity contribution >= 4 is 5.91 Å². The average molecular weight is 313 g/mol. The standard InChI is InChI=1S/C18H16FNO3/c1-22-15-9-10-16(17(12-15)23-2)18(21)20-11-3-4-13-5-7-14(19)8-6-13/h5-10,12H,11H2,1-2H3,(H,20,21). The predicted octanol–water partition coefficient (Wildman–Crippen LogP) is 2.62. The Bertz CT molecular complexity index is 745. The molecule has 0 saturated carbocycles. The van der Waals surface area contributed by atoms with E-state index in [-0.39, 0.29) is 18.3 Å². The maximum absolute atomic E-state index is 12.8. The number of nitrogens with one attached hydrogen (secondary N) is 1. The van der Waals surface area contributed by atoms with Gasteiger partial charge in [-0.3, -0.25) is 4.79 Å². The smallest absolute Gasteiger partial charge is 0.255 e. The molecule has 23 heavy (non-hydrogen) atoms. The maximum atomic E-state index is 12.8. The second-order valence-corrected chi connectivity index (χ2v) is 4.56. The Balaban J connectivity index is 1.99. The fourth-order valence-corrected chi connectivity index (χ4v) is 1.89. The minimum atomic E-state index is -0.310. The van der Waals surface area contributed by atoms with Crippen molar-refractivity contribution in [2.45, 2.75) is 0 Å². The first-order chi connectivity index (χ1) is 11.1. The molecule has 1 amide bonds. The van der Waals surface area contributed by atoms with Crippen LogP contribution in [0.2, 0.25) is 0 Å². The Morgan fingerprint density at radius 2 is 1.87 bits per heavy atom. The molecule has 2 aromatic carbocycles. The van der Waals surface area contributed by atoms with Crippen molar-refractivity contribution < 1.29 is 18.7 Å². The number of halogens is 1. The summed E-state index contributed by atoms with van der Waals surface area (Å²) in [6.07, 6.45) is 0.